The molecule has 2 aromatic rings. The summed E-state index contributed by atoms with van der Waals surface area (Å²) in [7, 11) is 0. The van der Waals surface area contributed by atoms with Crippen LogP contribution in [0.25, 0.3) is 11.5 Å². The molecule has 0 saturated heterocycles. The van der Waals surface area contributed by atoms with Crippen molar-refractivity contribution in [3.63, 3.8) is 0 Å². The van der Waals surface area contributed by atoms with Gasteiger partial charge in [-0.3, -0.25) is 9.59 Å². The summed E-state index contributed by atoms with van der Waals surface area (Å²) in [5, 5.41) is 9.68. The van der Waals surface area contributed by atoms with E-state index < -0.39 is 12.1 Å². The summed E-state index contributed by atoms with van der Waals surface area (Å²) in [5.74, 6) is -0.0999. The Hall–Kier alpha value is -2.45. The highest BCUT2D eigenvalue weighted by Gasteiger charge is 2.20. The van der Waals surface area contributed by atoms with Crippen LogP contribution in [0.5, 0.6) is 0 Å². The minimum Gasteiger partial charge on any atom is -0.346 e. The van der Waals surface area contributed by atoms with E-state index >= 15 is 0 Å². The summed E-state index contributed by atoms with van der Waals surface area (Å²) in [6, 6.07) is 5.82. The molecule has 140 valence electrons. The van der Waals surface area contributed by atoms with Crippen molar-refractivity contribution in [1.82, 2.24) is 20.8 Å². The predicted octanol–water partition coefficient (Wildman–Crippen LogP) is 1.67. The molecule has 8 nitrogen and oxygen atoms in total. The van der Waals surface area contributed by atoms with Crippen LogP contribution >= 0.6 is 11.6 Å². The van der Waals surface area contributed by atoms with Gasteiger partial charge in [0.15, 0.2) is 5.82 Å². The van der Waals surface area contributed by atoms with Gasteiger partial charge < -0.3 is 20.9 Å². The SMILES string of the molecule is CC(NC(=O)CNC(=O)[C@@H](N)C(C)C)c1noc(-c2ccc(Cl)cc2)n1. The van der Waals surface area contributed by atoms with Crippen LogP contribution in [0, 0.1) is 5.92 Å². The van der Waals surface area contributed by atoms with Gasteiger partial charge in [0.25, 0.3) is 5.89 Å². The highest BCUT2D eigenvalue weighted by atomic mass is 35.5. The third-order valence-corrected chi connectivity index (χ3v) is 3.99. The molecule has 0 aliphatic heterocycles. The van der Waals surface area contributed by atoms with Crippen molar-refractivity contribution in [2.24, 2.45) is 11.7 Å². The normalized spacial score (nSPS) is 13.3. The van der Waals surface area contributed by atoms with Crippen molar-refractivity contribution in [1.29, 1.82) is 0 Å². The molecule has 1 heterocycles. The first-order valence-corrected chi connectivity index (χ1v) is 8.58. The van der Waals surface area contributed by atoms with Crippen molar-refractivity contribution in [2.75, 3.05) is 6.54 Å². The lowest BCUT2D eigenvalue weighted by molar-refractivity contribution is -0.127. The van der Waals surface area contributed by atoms with Crippen LogP contribution in [0.4, 0.5) is 0 Å². The van der Waals surface area contributed by atoms with Crippen molar-refractivity contribution in [2.45, 2.75) is 32.9 Å². The van der Waals surface area contributed by atoms with E-state index in [9.17, 15) is 9.59 Å². The Kier molecular flexibility index (Phi) is 6.70. The lowest BCUT2D eigenvalue weighted by Gasteiger charge is -2.16. The molecule has 1 unspecified atom stereocenters. The number of hydrogen-bond donors (Lipinski definition) is 3. The second kappa shape index (κ2) is 8.77. The van der Waals surface area contributed by atoms with Gasteiger partial charge in [-0.25, -0.2) is 0 Å². The summed E-state index contributed by atoms with van der Waals surface area (Å²) in [6.07, 6.45) is 0. The maximum Gasteiger partial charge on any atom is 0.257 e. The molecule has 0 radical (unpaired) electrons. The van der Waals surface area contributed by atoms with Gasteiger partial charge in [0.2, 0.25) is 11.8 Å². The van der Waals surface area contributed by atoms with E-state index in [0.717, 1.165) is 5.56 Å². The largest absolute Gasteiger partial charge is 0.346 e. The summed E-state index contributed by atoms with van der Waals surface area (Å²) in [5.41, 5.74) is 6.45. The number of carbonyl (C=O) groups excluding carboxylic acids is 2. The Morgan fingerprint density at radius 1 is 1.23 bits per heavy atom. The standard InChI is InChI=1S/C17H22ClN5O3/c1-9(2)14(19)16(25)20-8-13(24)21-10(3)15-22-17(26-23-15)11-4-6-12(18)7-5-11/h4-7,9-10,14H,8,19H2,1-3H3,(H,20,25)(H,21,24)/t10?,14-/m0/s1. The lowest BCUT2D eigenvalue weighted by Crippen LogP contribution is -2.47. The molecule has 2 amide bonds. The van der Waals surface area contributed by atoms with E-state index in [4.69, 9.17) is 21.9 Å². The number of amides is 2. The van der Waals surface area contributed by atoms with Gasteiger partial charge in [-0.2, -0.15) is 4.98 Å². The molecule has 2 atom stereocenters. The summed E-state index contributed by atoms with van der Waals surface area (Å²) < 4.78 is 5.21. The summed E-state index contributed by atoms with van der Waals surface area (Å²) in [6.45, 7) is 5.21. The van der Waals surface area contributed by atoms with Crippen molar-refractivity contribution >= 4 is 23.4 Å². The molecule has 0 aliphatic rings. The van der Waals surface area contributed by atoms with Gasteiger partial charge in [0, 0.05) is 10.6 Å². The summed E-state index contributed by atoms with van der Waals surface area (Å²) in [4.78, 5) is 28.0. The molecule has 26 heavy (non-hydrogen) atoms. The van der Waals surface area contributed by atoms with E-state index in [-0.39, 0.29) is 24.3 Å². The molecule has 4 N–H and O–H groups in total. The van der Waals surface area contributed by atoms with Gasteiger partial charge in [-0.1, -0.05) is 30.6 Å². The number of nitrogens with one attached hydrogen (secondary N) is 2. The Morgan fingerprint density at radius 3 is 2.50 bits per heavy atom. The highest BCUT2D eigenvalue weighted by Crippen LogP contribution is 2.21. The molecule has 0 bridgehead atoms. The number of halogens is 1. The predicted molar refractivity (Wildman–Crippen MR) is 97.1 cm³/mol. The maximum atomic E-state index is 12.0. The Morgan fingerprint density at radius 2 is 1.88 bits per heavy atom. The zero-order chi connectivity index (χ0) is 19.3. The molecule has 0 aliphatic carbocycles. The van der Waals surface area contributed by atoms with Crippen LogP contribution in [0.2, 0.25) is 5.02 Å². The Labute approximate surface area is 156 Å². The number of nitrogens with zero attached hydrogens (tertiary/aromatic N) is 2. The van der Waals surface area contributed by atoms with Gasteiger partial charge in [0.1, 0.15) is 0 Å². The number of carbonyl (C=O) groups is 2. The van der Waals surface area contributed by atoms with Gasteiger partial charge in [0.05, 0.1) is 18.6 Å². The second-order valence-corrected chi connectivity index (χ2v) is 6.68. The molecule has 9 heteroatoms. The molecule has 1 aromatic carbocycles. The number of hydrogen-bond acceptors (Lipinski definition) is 6. The van der Waals surface area contributed by atoms with Crippen LogP contribution in [-0.2, 0) is 9.59 Å². The Balaban J connectivity index is 1.89. The van der Waals surface area contributed by atoms with Crippen LogP contribution in [0.15, 0.2) is 28.8 Å². The van der Waals surface area contributed by atoms with E-state index in [1.54, 1.807) is 31.2 Å². The lowest BCUT2D eigenvalue weighted by atomic mass is 10.1. The molecule has 0 spiro atoms. The van der Waals surface area contributed by atoms with Crippen LogP contribution in [0.3, 0.4) is 0 Å². The number of benzene rings is 1. The third kappa shape index (κ3) is 5.27. The summed E-state index contributed by atoms with van der Waals surface area (Å²) >= 11 is 5.85. The molecule has 0 saturated carbocycles. The third-order valence-electron chi connectivity index (χ3n) is 3.74. The fourth-order valence-electron chi connectivity index (χ4n) is 2.07. The first-order valence-electron chi connectivity index (χ1n) is 8.20. The quantitative estimate of drug-likeness (QED) is 0.672. The fourth-order valence-corrected chi connectivity index (χ4v) is 2.19. The fraction of sp³-hybridized carbons (Fsp3) is 0.412. The maximum absolute atomic E-state index is 12.0. The van der Waals surface area contributed by atoms with Crippen LogP contribution < -0.4 is 16.4 Å². The van der Waals surface area contributed by atoms with Crippen molar-refractivity contribution < 1.29 is 14.1 Å². The van der Waals surface area contributed by atoms with E-state index in [1.807, 2.05) is 13.8 Å². The average Bonchev–Trinajstić information content (AvgIpc) is 3.09. The second-order valence-electron chi connectivity index (χ2n) is 6.24. The van der Waals surface area contributed by atoms with Gasteiger partial charge >= 0.3 is 0 Å². The molecule has 1 aromatic heterocycles. The van der Waals surface area contributed by atoms with Crippen LogP contribution in [-0.4, -0.2) is 34.5 Å². The average molecular weight is 380 g/mol. The molecular formula is C17H22ClN5O3. The first-order chi connectivity index (χ1) is 12.3. The van der Waals surface area contributed by atoms with E-state index in [0.29, 0.717) is 16.7 Å². The van der Waals surface area contributed by atoms with Crippen LogP contribution in [0.1, 0.15) is 32.6 Å². The number of aromatic nitrogens is 2. The van der Waals surface area contributed by atoms with Crippen molar-refractivity contribution in [3.05, 3.63) is 35.1 Å². The van der Waals surface area contributed by atoms with E-state index in [2.05, 4.69) is 20.8 Å². The van der Waals surface area contributed by atoms with E-state index in [1.165, 1.54) is 0 Å². The molecule has 0 fully saturated rings. The number of rotatable bonds is 7. The minimum atomic E-state index is -0.653. The Bertz CT molecular complexity index is 760. The zero-order valence-corrected chi connectivity index (χ0v) is 15.6. The first kappa shape index (κ1) is 19.9. The topological polar surface area (TPSA) is 123 Å². The smallest absolute Gasteiger partial charge is 0.257 e. The monoisotopic (exact) mass is 379 g/mol. The van der Waals surface area contributed by atoms with Gasteiger partial charge in [-0.15, -0.1) is 0 Å². The molecule has 2 rings (SSSR count). The molecular weight excluding hydrogens is 358 g/mol. The zero-order valence-electron chi connectivity index (χ0n) is 14.8. The van der Waals surface area contributed by atoms with Gasteiger partial charge in [-0.05, 0) is 37.1 Å². The minimum absolute atomic E-state index is 0.0115. The number of nitrogens with two attached hydrogens (primary N) is 1. The van der Waals surface area contributed by atoms with Crippen molar-refractivity contribution in [3.8, 4) is 11.5 Å². The highest BCUT2D eigenvalue weighted by molar-refractivity contribution is 6.30.